The third-order valence-electron chi connectivity index (χ3n) is 4.09. The van der Waals surface area contributed by atoms with Crippen LogP contribution in [0.5, 0.6) is 5.75 Å². The van der Waals surface area contributed by atoms with Gasteiger partial charge in [-0.3, -0.25) is 4.79 Å². The van der Waals surface area contributed by atoms with Crippen LogP contribution in [0.1, 0.15) is 24.8 Å². The zero-order valence-electron chi connectivity index (χ0n) is 11.0. The molecule has 4 heteroatoms. The van der Waals surface area contributed by atoms with Crippen LogP contribution in [-0.4, -0.2) is 24.6 Å². The van der Waals surface area contributed by atoms with Crippen LogP contribution in [0, 0.1) is 5.92 Å². The molecule has 1 heterocycles. The molecule has 1 aromatic rings. The first-order chi connectivity index (χ1) is 9.22. The van der Waals surface area contributed by atoms with E-state index < -0.39 is 0 Å². The monoisotopic (exact) mass is 260 g/mol. The SMILES string of the molecule is NC1CCC(CNC(=O)C2Cc3ccccc3O2)C1. The van der Waals surface area contributed by atoms with Crippen LogP contribution in [0.25, 0.3) is 0 Å². The highest BCUT2D eigenvalue weighted by molar-refractivity contribution is 5.82. The lowest BCUT2D eigenvalue weighted by Crippen LogP contribution is -2.39. The molecule has 1 saturated carbocycles. The number of hydrogen-bond donors (Lipinski definition) is 2. The van der Waals surface area contributed by atoms with Crippen LogP contribution in [-0.2, 0) is 11.2 Å². The molecule has 1 aliphatic carbocycles. The maximum absolute atomic E-state index is 12.1. The van der Waals surface area contributed by atoms with Crippen molar-refractivity contribution in [3.8, 4) is 5.75 Å². The summed E-state index contributed by atoms with van der Waals surface area (Å²) in [4.78, 5) is 12.1. The number of fused-ring (bicyclic) bond motifs is 1. The van der Waals surface area contributed by atoms with E-state index >= 15 is 0 Å². The maximum Gasteiger partial charge on any atom is 0.261 e. The smallest absolute Gasteiger partial charge is 0.261 e. The fraction of sp³-hybridized carbons (Fsp3) is 0.533. The Morgan fingerprint density at radius 1 is 1.37 bits per heavy atom. The summed E-state index contributed by atoms with van der Waals surface area (Å²) < 4.78 is 5.67. The zero-order chi connectivity index (χ0) is 13.2. The predicted molar refractivity (Wildman–Crippen MR) is 72.9 cm³/mol. The minimum atomic E-state index is -0.368. The molecular weight excluding hydrogens is 240 g/mol. The Morgan fingerprint density at radius 3 is 2.95 bits per heavy atom. The van der Waals surface area contributed by atoms with Crippen LogP contribution >= 0.6 is 0 Å². The number of hydrogen-bond acceptors (Lipinski definition) is 3. The lowest BCUT2D eigenvalue weighted by molar-refractivity contribution is -0.127. The van der Waals surface area contributed by atoms with E-state index in [1.54, 1.807) is 0 Å². The van der Waals surface area contributed by atoms with Crippen molar-refractivity contribution in [2.45, 2.75) is 37.8 Å². The Labute approximate surface area is 113 Å². The van der Waals surface area contributed by atoms with E-state index in [0.717, 1.165) is 37.1 Å². The molecule has 1 fully saturated rings. The molecule has 1 aromatic carbocycles. The molecule has 0 aromatic heterocycles. The normalized spacial score (nSPS) is 28.8. The summed E-state index contributed by atoms with van der Waals surface area (Å²) in [5.41, 5.74) is 6.99. The van der Waals surface area contributed by atoms with Crippen molar-refractivity contribution in [3.63, 3.8) is 0 Å². The van der Waals surface area contributed by atoms with Gasteiger partial charge in [0.05, 0.1) is 0 Å². The number of ether oxygens (including phenoxy) is 1. The van der Waals surface area contributed by atoms with Gasteiger partial charge in [-0.1, -0.05) is 18.2 Å². The second kappa shape index (κ2) is 5.21. The van der Waals surface area contributed by atoms with Gasteiger partial charge in [-0.15, -0.1) is 0 Å². The van der Waals surface area contributed by atoms with Gasteiger partial charge in [-0.25, -0.2) is 0 Å². The predicted octanol–water partition coefficient (Wildman–Crippen LogP) is 1.23. The van der Waals surface area contributed by atoms with Crippen molar-refractivity contribution in [1.82, 2.24) is 5.32 Å². The summed E-state index contributed by atoms with van der Waals surface area (Å²) in [7, 11) is 0. The molecule has 3 atom stereocenters. The van der Waals surface area contributed by atoms with Crippen LogP contribution in [0.4, 0.5) is 0 Å². The second-order valence-electron chi connectivity index (χ2n) is 5.60. The van der Waals surface area contributed by atoms with E-state index in [1.807, 2.05) is 24.3 Å². The number of nitrogens with two attached hydrogens (primary N) is 1. The van der Waals surface area contributed by atoms with Crippen molar-refractivity contribution in [2.24, 2.45) is 11.7 Å². The Kier molecular flexibility index (Phi) is 3.42. The number of amides is 1. The van der Waals surface area contributed by atoms with Gasteiger partial charge < -0.3 is 15.8 Å². The van der Waals surface area contributed by atoms with Crippen molar-refractivity contribution in [3.05, 3.63) is 29.8 Å². The molecule has 2 aliphatic rings. The molecule has 3 rings (SSSR count). The molecule has 4 nitrogen and oxygen atoms in total. The average molecular weight is 260 g/mol. The summed E-state index contributed by atoms with van der Waals surface area (Å²) in [5, 5.41) is 3.00. The summed E-state index contributed by atoms with van der Waals surface area (Å²) >= 11 is 0. The number of benzene rings is 1. The van der Waals surface area contributed by atoms with E-state index in [4.69, 9.17) is 10.5 Å². The molecule has 102 valence electrons. The van der Waals surface area contributed by atoms with Crippen molar-refractivity contribution in [2.75, 3.05) is 6.54 Å². The molecule has 19 heavy (non-hydrogen) atoms. The first-order valence-corrected chi connectivity index (χ1v) is 7.00. The highest BCUT2D eigenvalue weighted by Gasteiger charge is 2.29. The van der Waals surface area contributed by atoms with Crippen LogP contribution in [0.3, 0.4) is 0 Å². The van der Waals surface area contributed by atoms with Gasteiger partial charge in [0.25, 0.3) is 5.91 Å². The van der Waals surface area contributed by atoms with Gasteiger partial charge >= 0.3 is 0 Å². The highest BCUT2D eigenvalue weighted by atomic mass is 16.5. The van der Waals surface area contributed by atoms with Gasteiger partial charge in [0.15, 0.2) is 6.10 Å². The molecule has 0 radical (unpaired) electrons. The molecular formula is C15H20N2O2. The van der Waals surface area contributed by atoms with E-state index in [-0.39, 0.29) is 12.0 Å². The quantitative estimate of drug-likeness (QED) is 0.859. The number of rotatable bonds is 3. The summed E-state index contributed by atoms with van der Waals surface area (Å²) in [5.74, 6) is 1.37. The van der Waals surface area contributed by atoms with Crippen molar-refractivity contribution < 1.29 is 9.53 Å². The Hall–Kier alpha value is -1.55. The molecule has 0 bridgehead atoms. The Balaban J connectivity index is 1.50. The molecule has 1 amide bonds. The number of para-hydroxylation sites is 1. The minimum Gasteiger partial charge on any atom is -0.480 e. The van der Waals surface area contributed by atoms with E-state index in [0.29, 0.717) is 18.4 Å². The maximum atomic E-state index is 12.1. The zero-order valence-corrected chi connectivity index (χ0v) is 11.0. The number of nitrogens with one attached hydrogen (secondary N) is 1. The topological polar surface area (TPSA) is 64.3 Å². The number of carbonyl (C=O) groups excluding carboxylic acids is 1. The summed E-state index contributed by atoms with van der Waals surface area (Å²) in [6.45, 7) is 0.725. The van der Waals surface area contributed by atoms with Gasteiger partial charge in [0, 0.05) is 19.0 Å². The summed E-state index contributed by atoms with van der Waals surface area (Å²) in [6, 6.07) is 8.15. The first-order valence-electron chi connectivity index (χ1n) is 7.00. The van der Waals surface area contributed by atoms with Crippen molar-refractivity contribution in [1.29, 1.82) is 0 Å². The summed E-state index contributed by atoms with van der Waals surface area (Å²) in [6.07, 6.45) is 3.52. The first kappa shape index (κ1) is 12.5. The standard InChI is InChI=1S/C15H20N2O2/c16-12-6-5-10(7-12)9-17-15(18)14-8-11-3-1-2-4-13(11)19-14/h1-4,10,12,14H,5-9,16H2,(H,17,18). The van der Waals surface area contributed by atoms with Crippen LogP contribution in [0.2, 0.25) is 0 Å². The minimum absolute atomic E-state index is 0.00308. The second-order valence-corrected chi connectivity index (χ2v) is 5.60. The van der Waals surface area contributed by atoms with Gasteiger partial charge in [-0.2, -0.15) is 0 Å². The van der Waals surface area contributed by atoms with E-state index in [1.165, 1.54) is 0 Å². The fourth-order valence-electron chi connectivity index (χ4n) is 2.99. The van der Waals surface area contributed by atoms with Crippen molar-refractivity contribution >= 4 is 5.91 Å². The lowest BCUT2D eigenvalue weighted by atomic mass is 10.1. The number of carbonyl (C=O) groups is 1. The van der Waals surface area contributed by atoms with Crippen LogP contribution < -0.4 is 15.8 Å². The molecule has 0 spiro atoms. The fourth-order valence-corrected chi connectivity index (χ4v) is 2.99. The lowest BCUT2D eigenvalue weighted by Gasteiger charge is -2.14. The van der Waals surface area contributed by atoms with Gasteiger partial charge in [0.1, 0.15) is 5.75 Å². The molecule has 3 unspecified atom stereocenters. The molecule has 1 aliphatic heterocycles. The largest absolute Gasteiger partial charge is 0.480 e. The van der Waals surface area contributed by atoms with Crippen LogP contribution in [0.15, 0.2) is 24.3 Å². The Bertz CT molecular complexity index is 450. The van der Waals surface area contributed by atoms with E-state index in [9.17, 15) is 4.79 Å². The average Bonchev–Trinajstić information content (AvgIpc) is 3.01. The molecule has 3 N–H and O–H groups in total. The van der Waals surface area contributed by atoms with E-state index in [2.05, 4.69) is 5.32 Å². The third-order valence-corrected chi connectivity index (χ3v) is 4.09. The highest BCUT2D eigenvalue weighted by Crippen LogP contribution is 2.28. The Morgan fingerprint density at radius 2 is 2.21 bits per heavy atom. The molecule has 0 saturated heterocycles. The van der Waals surface area contributed by atoms with Gasteiger partial charge in [-0.05, 0) is 36.8 Å². The third kappa shape index (κ3) is 2.73. The van der Waals surface area contributed by atoms with Gasteiger partial charge in [0.2, 0.25) is 0 Å².